The summed E-state index contributed by atoms with van der Waals surface area (Å²) in [4.78, 5) is 19.9. The zero-order chi connectivity index (χ0) is 31.4. The summed E-state index contributed by atoms with van der Waals surface area (Å²) in [7, 11) is 0. The molecule has 2 heterocycles. The second-order valence-electron chi connectivity index (χ2n) is 9.57. The SMILES string of the molecule is CC1=C(C#N)C(c2ccc(C#N)cc2)n2nc(N(CC#N)C(=O)OCc3ccccc3)nc2N1c1cccc(C(F)(F)F)c1. The van der Waals surface area contributed by atoms with E-state index in [0.29, 0.717) is 16.7 Å². The normalized spacial score (nSPS) is 14.2. The van der Waals surface area contributed by atoms with Crippen LogP contribution in [-0.2, 0) is 17.5 Å². The van der Waals surface area contributed by atoms with Crippen molar-refractivity contribution in [2.24, 2.45) is 0 Å². The van der Waals surface area contributed by atoms with Crippen molar-refractivity contribution < 1.29 is 22.7 Å². The highest BCUT2D eigenvalue weighted by molar-refractivity contribution is 5.86. The summed E-state index contributed by atoms with van der Waals surface area (Å²) in [5, 5.41) is 33.5. The van der Waals surface area contributed by atoms with Crippen LogP contribution in [0.3, 0.4) is 0 Å². The molecule has 13 heteroatoms. The number of halogens is 3. The molecule has 5 rings (SSSR count). The lowest BCUT2D eigenvalue weighted by Gasteiger charge is -2.34. The summed E-state index contributed by atoms with van der Waals surface area (Å²) in [6.07, 6.45) is -5.57. The second-order valence-corrected chi connectivity index (χ2v) is 9.57. The number of carbonyl (C=O) groups excluding carboxylic acids is 1. The van der Waals surface area contributed by atoms with Crippen molar-refractivity contribution in [3.63, 3.8) is 0 Å². The van der Waals surface area contributed by atoms with Gasteiger partial charge in [-0.15, -0.1) is 5.10 Å². The van der Waals surface area contributed by atoms with Gasteiger partial charge in [0.25, 0.3) is 5.95 Å². The number of allylic oxidation sites excluding steroid dienone is 2. The molecule has 0 bridgehead atoms. The van der Waals surface area contributed by atoms with Crippen molar-refractivity contribution in [2.75, 3.05) is 16.3 Å². The Morgan fingerprint density at radius 1 is 1.00 bits per heavy atom. The lowest BCUT2D eigenvalue weighted by Crippen LogP contribution is -2.33. The number of nitrogens with zero attached hydrogens (tertiary/aromatic N) is 8. The summed E-state index contributed by atoms with van der Waals surface area (Å²) in [6.45, 7) is 0.965. The molecule has 218 valence electrons. The Kier molecular flexibility index (Phi) is 8.01. The quantitative estimate of drug-likeness (QED) is 0.235. The first-order valence-electron chi connectivity index (χ1n) is 13.1. The van der Waals surface area contributed by atoms with Crippen LogP contribution in [0.25, 0.3) is 0 Å². The number of carbonyl (C=O) groups is 1. The Morgan fingerprint density at radius 2 is 1.73 bits per heavy atom. The molecule has 0 saturated carbocycles. The highest BCUT2D eigenvalue weighted by atomic mass is 19.4. The van der Waals surface area contributed by atoms with Crippen LogP contribution in [-0.4, -0.2) is 27.4 Å². The average Bonchev–Trinajstić information content (AvgIpc) is 3.46. The van der Waals surface area contributed by atoms with E-state index >= 15 is 0 Å². The Labute approximate surface area is 249 Å². The summed E-state index contributed by atoms with van der Waals surface area (Å²) < 4.78 is 47.7. The number of aromatic nitrogens is 3. The highest BCUT2D eigenvalue weighted by Gasteiger charge is 2.38. The second kappa shape index (κ2) is 12.0. The number of amides is 1. The van der Waals surface area contributed by atoms with Crippen LogP contribution in [0.2, 0.25) is 0 Å². The lowest BCUT2D eigenvalue weighted by molar-refractivity contribution is -0.137. The molecule has 3 aromatic carbocycles. The molecule has 1 aliphatic heterocycles. The minimum absolute atomic E-state index is 0.0102. The Hall–Kier alpha value is -6.13. The van der Waals surface area contributed by atoms with Gasteiger partial charge in [0.2, 0.25) is 5.95 Å². The molecule has 4 aromatic rings. The fourth-order valence-corrected chi connectivity index (χ4v) is 4.74. The predicted molar refractivity (Wildman–Crippen MR) is 151 cm³/mol. The third-order valence-electron chi connectivity index (χ3n) is 6.85. The number of alkyl halides is 3. The number of benzene rings is 3. The van der Waals surface area contributed by atoms with Gasteiger partial charge in [0.1, 0.15) is 19.2 Å². The predicted octanol–water partition coefficient (Wildman–Crippen LogP) is 6.37. The van der Waals surface area contributed by atoms with Gasteiger partial charge in [-0.1, -0.05) is 48.5 Å². The number of nitriles is 3. The Bertz CT molecular complexity index is 1860. The minimum Gasteiger partial charge on any atom is -0.444 e. The van der Waals surface area contributed by atoms with Crippen LogP contribution >= 0.6 is 0 Å². The standard InChI is InChI=1S/C31H21F3N8O2/c1-20-26(18-37)27(23-12-10-21(17-36)11-13-23)42-29(41(20)25-9-5-8-24(16-25)31(32,33)34)38-28(39-42)40(15-14-35)30(43)44-19-22-6-3-2-4-7-22/h2-13,16,27H,15,19H2,1H3. The van der Waals surface area contributed by atoms with Crippen molar-refractivity contribution in [2.45, 2.75) is 25.7 Å². The van der Waals surface area contributed by atoms with Crippen LogP contribution < -0.4 is 9.80 Å². The molecule has 1 amide bonds. The number of fused-ring (bicyclic) bond motifs is 1. The number of rotatable bonds is 6. The Balaban J connectivity index is 1.65. The van der Waals surface area contributed by atoms with Crippen molar-refractivity contribution in [1.82, 2.24) is 14.8 Å². The molecule has 0 radical (unpaired) electrons. The van der Waals surface area contributed by atoms with Crippen LogP contribution in [0, 0.1) is 34.0 Å². The van der Waals surface area contributed by atoms with Crippen LogP contribution in [0.4, 0.5) is 35.5 Å². The average molecular weight is 595 g/mol. The first-order chi connectivity index (χ1) is 21.2. The van der Waals surface area contributed by atoms with Gasteiger partial charge in [0.05, 0.1) is 34.9 Å². The van der Waals surface area contributed by atoms with E-state index in [1.54, 1.807) is 61.5 Å². The first kappa shape index (κ1) is 29.4. The van der Waals surface area contributed by atoms with Crippen molar-refractivity contribution in [1.29, 1.82) is 15.8 Å². The van der Waals surface area contributed by atoms with E-state index in [0.717, 1.165) is 17.0 Å². The largest absolute Gasteiger partial charge is 0.444 e. The number of hydrogen-bond donors (Lipinski definition) is 0. The van der Waals surface area contributed by atoms with Gasteiger partial charge in [0, 0.05) is 11.4 Å². The molecule has 0 saturated heterocycles. The molecule has 1 aromatic heterocycles. The van der Waals surface area contributed by atoms with E-state index in [2.05, 4.69) is 16.2 Å². The molecule has 0 fully saturated rings. The van der Waals surface area contributed by atoms with Gasteiger partial charge < -0.3 is 4.74 Å². The molecule has 0 N–H and O–H groups in total. The van der Waals surface area contributed by atoms with E-state index in [1.807, 2.05) is 12.1 Å². The molecule has 44 heavy (non-hydrogen) atoms. The van der Waals surface area contributed by atoms with Crippen LogP contribution in [0.5, 0.6) is 0 Å². The maximum absolute atomic E-state index is 13.7. The van der Waals surface area contributed by atoms with Crippen molar-refractivity contribution in [3.05, 3.63) is 112 Å². The monoisotopic (exact) mass is 594 g/mol. The van der Waals surface area contributed by atoms with Gasteiger partial charge in [0.15, 0.2) is 0 Å². The third kappa shape index (κ3) is 5.65. The number of ether oxygens (including phenoxy) is 1. The molecular formula is C31H21F3N8O2. The number of hydrogen-bond acceptors (Lipinski definition) is 8. The molecule has 10 nitrogen and oxygen atoms in total. The summed E-state index contributed by atoms with van der Waals surface area (Å²) in [5.74, 6) is -0.272. The first-order valence-corrected chi connectivity index (χ1v) is 13.1. The molecular weight excluding hydrogens is 573 g/mol. The fourth-order valence-electron chi connectivity index (χ4n) is 4.74. The molecule has 0 aliphatic carbocycles. The highest BCUT2D eigenvalue weighted by Crippen LogP contribution is 2.43. The van der Waals surface area contributed by atoms with E-state index in [-0.39, 0.29) is 35.5 Å². The zero-order valence-corrected chi connectivity index (χ0v) is 23.0. The molecule has 0 spiro atoms. The maximum atomic E-state index is 13.7. The summed E-state index contributed by atoms with van der Waals surface area (Å²) in [6, 6.07) is 24.8. The van der Waals surface area contributed by atoms with E-state index < -0.39 is 30.4 Å². The zero-order valence-electron chi connectivity index (χ0n) is 23.0. The molecule has 1 atom stereocenters. The maximum Gasteiger partial charge on any atom is 0.418 e. The molecule has 1 unspecified atom stereocenters. The minimum atomic E-state index is -4.64. The van der Waals surface area contributed by atoms with Crippen LogP contribution in [0.1, 0.15) is 35.2 Å². The fraction of sp³-hybridized carbons (Fsp3) is 0.161. The summed E-state index contributed by atoms with van der Waals surface area (Å²) in [5.41, 5.74) is 1.13. The third-order valence-corrected chi connectivity index (χ3v) is 6.85. The van der Waals surface area contributed by atoms with Gasteiger partial charge >= 0.3 is 12.3 Å². The van der Waals surface area contributed by atoms with Gasteiger partial charge in [-0.05, 0) is 48.4 Å². The lowest BCUT2D eigenvalue weighted by atomic mass is 9.95. The number of anilines is 3. The van der Waals surface area contributed by atoms with E-state index in [1.165, 1.54) is 21.7 Å². The smallest absolute Gasteiger partial charge is 0.418 e. The van der Waals surface area contributed by atoms with Crippen LogP contribution in [0.15, 0.2) is 90.1 Å². The van der Waals surface area contributed by atoms with Crippen molar-refractivity contribution in [3.8, 4) is 18.2 Å². The van der Waals surface area contributed by atoms with Crippen molar-refractivity contribution >= 4 is 23.7 Å². The van der Waals surface area contributed by atoms with E-state index in [4.69, 9.17) is 4.74 Å². The van der Waals surface area contributed by atoms with E-state index in [9.17, 15) is 33.8 Å². The topological polar surface area (TPSA) is 135 Å². The van der Waals surface area contributed by atoms with Gasteiger partial charge in [-0.3, -0.25) is 4.90 Å². The van der Waals surface area contributed by atoms with Gasteiger partial charge in [-0.2, -0.15) is 33.9 Å². The van der Waals surface area contributed by atoms with Gasteiger partial charge in [-0.25, -0.2) is 14.4 Å². The Morgan fingerprint density at radius 3 is 2.36 bits per heavy atom. The summed E-state index contributed by atoms with van der Waals surface area (Å²) >= 11 is 0. The molecule has 1 aliphatic rings.